The van der Waals surface area contributed by atoms with Gasteiger partial charge in [0.05, 0.1) is 16.1 Å². The first-order chi connectivity index (χ1) is 12.2. The quantitative estimate of drug-likeness (QED) is 0.547. The summed E-state index contributed by atoms with van der Waals surface area (Å²) in [5, 5.41) is 9.59. The Labute approximate surface area is 162 Å². The average Bonchev–Trinajstić information content (AvgIpc) is 2.69. The summed E-state index contributed by atoms with van der Waals surface area (Å²) in [6.45, 7) is 4.51. The van der Waals surface area contributed by atoms with Gasteiger partial charge in [-0.25, -0.2) is 0 Å². The second-order valence-electron chi connectivity index (χ2n) is 7.86. The van der Waals surface area contributed by atoms with Crippen LogP contribution < -0.4 is 0 Å². The third-order valence-electron chi connectivity index (χ3n) is 6.13. The van der Waals surface area contributed by atoms with Gasteiger partial charge in [-0.2, -0.15) is 5.26 Å². The lowest BCUT2D eigenvalue weighted by atomic mass is 9.68. The summed E-state index contributed by atoms with van der Waals surface area (Å²) >= 11 is 4.25. The second-order valence-corrected chi connectivity index (χ2v) is 10.4. The molecule has 25 heavy (non-hydrogen) atoms. The Morgan fingerprint density at radius 1 is 1.04 bits per heavy atom. The van der Waals surface area contributed by atoms with E-state index in [-0.39, 0.29) is 5.41 Å². The first kappa shape index (κ1) is 19.2. The summed E-state index contributed by atoms with van der Waals surface area (Å²) in [6, 6.07) is 12.1. The standard InChI is InChI=1S/C22H31NS2/c1-3-11-22(16-23)12-9-19(10-13-22)18-5-7-20(8-6-18)21-24-14-17(4-2)15-25-21/h5-8,17,19,21H,3-4,9-15H2,1-2H3. The molecule has 0 bridgehead atoms. The Morgan fingerprint density at radius 2 is 1.64 bits per heavy atom. The SMILES string of the molecule is CCCC1(C#N)CCC(c2ccc(C3SCC(CC)CS3)cc2)CC1. The Hall–Kier alpha value is -0.590. The molecule has 2 aliphatic rings. The van der Waals surface area contributed by atoms with Gasteiger partial charge in [0.25, 0.3) is 0 Å². The predicted molar refractivity (Wildman–Crippen MR) is 112 cm³/mol. The Kier molecular flexibility index (Phi) is 6.80. The van der Waals surface area contributed by atoms with E-state index in [1.54, 1.807) is 0 Å². The zero-order valence-corrected chi connectivity index (χ0v) is 17.3. The highest BCUT2D eigenvalue weighted by atomic mass is 32.2. The van der Waals surface area contributed by atoms with E-state index in [4.69, 9.17) is 0 Å². The normalized spacial score (nSPS) is 32.9. The van der Waals surface area contributed by atoms with Gasteiger partial charge in [-0.1, -0.05) is 51.0 Å². The summed E-state index contributed by atoms with van der Waals surface area (Å²) in [4.78, 5) is 0. The van der Waals surface area contributed by atoms with E-state index in [0.29, 0.717) is 10.5 Å². The summed E-state index contributed by atoms with van der Waals surface area (Å²) in [6.07, 6.45) is 8.03. The Bertz CT molecular complexity index is 573. The number of hydrogen-bond acceptors (Lipinski definition) is 3. The molecule has 2 fully saturated rings. The van der Waals surface area contributed by atoms with Gasteiger partial charge in [0, 0.05) is 0 Å². The third kappa shape index (κ3) is 4.58. The molecule has 1 nitrogen and oxygen atoms in total. The highest BCUT2D eigenvalue weighted by molar-refractivity contribution is 8.16. The van der Waals surface area contributed by atoms with Gasteiger partial charge in [-0.05, 0) is 66.6 Å². The van der Waals surface area contributed by atoms with Gasteiger partial charge in [0.1, 0.15) is 0 Å². The molecule has 3 rings (SSSR count). The topological polar surface area (TPSA) is 23.8 Å². The smallest absolute Gasteiger partial charge is 0.0751 e. The molecule has 0 atom stereocenters. The highest BCUT2D eigenvalue weighted by Crippen LogP contribution is 2.48. The Morgan fingerprint density at radius 3 is 2.16 bits per heavy atom. The van der Waals surface area contributed by atoms with Crippen LogP contribution in [0.3, 0.4) is 0 Å². The minimum Gasteiger partial charge on any atom is -0.198 e. The highest BCUT2D eigenvalue weighted by Gasteiger charge is 2.35. The predicted octanol–water partition coefficient (Wildman–Crippen LogP) is 7.16. The van der Waals surface area contributed by atoms with Crippen LogP contribution in [0.25, 0.3) is 0 Å². The molecule has 1 heterocycles. The molecule has 0 amide bonds. The van der Waals surface area contributed by atoms with Crippen LogP contribution in [0.5, 0.6) is 0 Å². The molecule has 136 valence electrons. The van der Waals surface area contributed by atoms with E-state index >= 15 is 0 Å². The van der Waals surface area contributed by atoms with Crippen LogP contribution in [0.4, 0.5) is 0 Å². The van der Waals surface area contributed by atoms with E-state index in [1.165, 1.54) is 41.9 Å². The molecular formula is C22H31NS2. The molecule has 1 saturated carbocycles. The van der Waals surface area contributed by atoms with Crippen LogP contribution >= 0.6 is 23.5 Å². The molecule has 1 aliphatic carbocycles. The van der Waals surface area contributed by atoms with Crippen LogP contribution in [-0.4, -0.2) is 11.5 Å². The van der Waals surface area contributed by atoms with Crippen molar-refractivity contribution in [1.29, 1.82) is 5.26 Å². The van der Waals surface area contributed by atoms with Crippen molar-refractivity contribution in [3.05, 3.63) is 35.4 Å². The van der Waals surface area contributed by atoms with Crippen molar-refractivity contribution in [3.63, 3.8) is 0 Å². The molecule has 0 spiro atoms. The zero-order valence-electron chi connectivity index (χ0n) is 15.7. The number of nitrogens with zero attached hydrogens (tertiary/aromatic N) is 1. The van der Waals surface area contributed by atoms with E-state index in [9.17, 15) is 5.26 Å². The monoisotopic (exact) mass is 373 g/mol. The van der Waals surface area contributed by atoms with Crippen LogP contribution in [-0.2, 0) is 0 Å². The van der Waals surface area contributed by atoms with Crippen LogP contribution in [0.2, 0.25) is 0 Å². The number of rotatable bonds is 5. The maximum atomic E-state index is 9.59. The van der Waals surface area contributed by atoms with Crippen molar-refractivity contribution in [2.75, 3.05) is 11.5 Å². The minimum atomic E-state index is -0.0314. The number of benzene rings is 1. The molecular weight excluding hydrogens is 342 g/mol. The van der Waals surface area contributed by atoms with Gasteiger partial charge < -0.3 is 0 Å². The first-order valence-electron chi connectivity index (χ1n) is 9.94. The van der Waals surface area contributed by atoms with Crippen molar-refractivity contribution in [1.82, 2.24) is 0 Å². The van der Waals surface area contributed by atoms with Crippen molar-refractivity contribution in [2.45, 2.75) is 69.3 Å². The zero-order chi connectivity index (χ0) is 17.7. The maximum Gasteiger partial charge on any atom is 0.0751 e. The van der Waals surface area contributed by atoms with Gasteiger partial charge in [-0.15, -0.1) is 23.5 Å². The molecule has 1 aromatic carbocycles. The minimum absolute atomic E-state index is 0.0314. The fourth-order valence-electron chi connectivity index (χ4n) is 4.30. The van der Waals surface area contributed by atoms with E-state index in [0.717, 1.165) is 31.6 Å². The summed E-state index contributed by atoms with van der Waals surface area (Å²) in [7, 11) is 0. The van der Waals surface area contributed by atoms with Gasteiger partial charge in [0.15, 0.2) is 0 Å². The molecule has 1 aromatic rings. The lowest BCUT2D eigenvalue weighted by Crippen LogP contribution is -2.25. The molecule has 0 unspecified atom stereocenters. The average molecular weight is 374 g/mol. The Balaban J connectivity index is 1.58. The molecule has 0 N–H and O–H groups in total. The fraction of sp³-hybridized carbons (Fsp3) is 0.682. The molecule has 1 aliphatic heterocycles. The fourth-order valence-corrected chi connectivity index (χ4v) is 7.60. The van der Waals surface area contributed by atoms with Crippen LogP contribution in [0.1, 0.15) is 80.4 Å². The third-order valence-corrected chi connectivity index (χ3v) is 9.43. The van der Waals surface area contributed by atoms with Crippen molar-refractivity contribution < 1.29 is 0 Å². The van der Waals surface area contributed by atoms with Crippen molar-refractivity contribution in [2.24, 2.45) is 11.3 Å². The van der Waals surface area contributed by atoms with Crippen LogP contribution in [0.15, 0.2) is 24.3 Å². The maximum absolute atomic E-state index is 9.59. The largest absolute Gasteiger partial charge is 0.198 e. The van der Waals surface area contributed by atoms with Gasteiger partial charge in [0.2, 0.25) is 0 Å². The van der Waals surface area contributed by atoms with E-state index in [2.05, 4.69) is 67.7 Å². The summed E-state index contributed by atoms with van der Waals surface area (Å²) < 4.78 is 0.624. The van der Waals surface area contributed by atoms with Gasteiger partial charge in [-0.3, -0.25) is 0 Å². The molecule has 0 radical (unpaired) electrons. The van der Waals surface area contributed by atoms with Gasteiger partial charge >= 0.3 is 0 Å². The van der Waals surface area contributed by atoms with E-state index in [1.807, 2.05) is 0 Å². The number of nitriles is 1. The summed E-state index contributed by atoms with van der Waals surface area (Å²) in [5.41, 5.74) is 2.95. The van der Waals surface area contributed by atoms with Crippen LogP contribution in [0, 0.1) is 22.7 Å². The number of hydrogen-bond donors (Lipinski definition) is 0. The summed E-state index contributed by atoms with van der Waals surface area (Å²) in [5.74, 6) is 4.18. The van der Waals surface area contributed by atoms with Crippen molar-refractivity contribution >= 4 is 23.5 Å². The first-order valence-corrected chi connectivity index (χ1v) is 12.0. The molecule has 0 aromatic heterocycles. The molecule has 1 saturated heterocycles. The lowest BCUT2D eigenvalue weighted by molar-refractivity contribution is 0.228. The molecule has 3 heteroatoms. The lowest BCUT2D eigenvalue weighted by Gasteiger charge is -2.35. The van der Waals surface area contributed by atoms with Crippen molar-refractivity contribution in [3.8, 4) is 6.07 Å². The number of thioether (sulfide) groups is 2. The second kappa shape index (κ2) is 8.87. The van der Waals surface area contributed by atoms with E-state index < -0.39 is 0 Å².